The Balaban J connectivity index is 1.77. The third-order valence-corrected chi connectivity index (χ3v) is 5.03. The predicted octanol–water partition coefficient (Wildman–Crippen LogP) is 4.43. The summed E-state index contributed by atoms with van der Waals surface area (Å²) in [5, 5.41) is 8.23. The Labute approximate surface area is 168 Å². The Kier molecular flexibility index (Phi) is 6.16. The van der Waals surface area contributed by atoms with Crippen LogP contribution in [0.2, 0.25) is 0 Å². The van der Waals surface area contributed by atoms with Crippen LogP contribution in [0.15, 0.2) is 53.3 Å². The van der Waals surface area contributed by atoms with Gasteiger partial charge in [0.15, 0.2) is 0 Å². The van der Waals surface area contributed by atoms with E-state index in [2.05, 4.69) is 57.2 Å². The summed E-state index contributed by atoms with van der Waals surface area (Å²) in [6.45, 7) is 4.33. The third kappa shape index (κ3) is 5.10. The molecule has 2 aromatic heterocycles. The average molecular weight is 427 g/mol. The van der Waals surface area contributed by atoms with E-state index in [0.29, 0.717) is 18.8 Å². The van der Waals surface area contributed by atoms with E-state index < -0.39 is 0 Å². The predicted molar refractivity (Wildman–Crippen MR) is 109 cm³/mol. The largest absolute Gasteiger partial charge is 0.299 e. The maximum absolute atomic E-state index is 12.8. The van der Waals surface area contributed by atoms with E-state index in [1.165, 1.54) is 5.56 Å². The first-order valence-corrected chi connectivity index (χ1v) is 9.80. The number of carbonyl (C=O) groups is 1. The number of pyridine rings is 1. The maximum Gasteiger partial charge on any atom is 0.138 e. The van der Waals surface area contributed by atoms with Crippen LogP contribution in [0.4, 0.5) is 0 Å². The number of hydrogen-bond acceptors (Lipinski definition) is 4. The Morgan fingerprint density at radius 2 is 1.85 bits per heavy atom. The molecule has 0 spiro atoms. The van der Waals surface area contributed by atoms with E-state index in [-0.39, 0.29) is 11.7 Å². The highest BCUT2D eigenvalue weighted by atomic mass is 79.9. The molecule has 0 fully saturated rings. The van der Waals surface area contributed by atoms with E-state index in [1.54, 1.807) is 10.9 Å². The molecule has 6 heteroatoms. The van der Waals surface area contributed by atoms with E-state index in [9.17, 15) is 4.79 Å². The molecular formula is C21H23BrN4O. The molecule has 27 heavy (non-hydrogen) atoms. The molecule has 0 saturated heterocycles. The molecule has 3 aromatic rings. The summed E-state index contributed by atoms with van der Waals surface area (Å²) in [6.07, 6.45) is 4.35. The molecular weight excluding hydrogens is 404 g/mol. The fourth-order valence-corrected chi connectivity index (χ4v) is 3.26. The molecule has 1 atom stereocenters. The number of Topliss-reactive ketones (excluding diaryl/α,β-unsaturated/α-hetero) is 1. The Bertz CT molecular complexity index is 901. The van der Waals surface area contributed by atoms with Crippen molar-refractivity contribution in [1.82, 2.24) is 20.0 Å². The van der Waals surface area contributed by atoms with E-state index >= 15 is 0 Å². The van der Waals surface area contributed by atoms with Crippen molar-refractivity contribution in [3.8, 4) is 0 Å². The number of carbonyl (C=O) groups excluding carboxylic acids is 1. The zero-order chi connectivity index (χ0) is 19.4. The van der Waals surface area contributed by atoms with Gasteiger partial charge in [0.05, 0.1) is 17.3 Å². The second-order valence-electron chi connectivity index (χ2n) is 7.09. The van der Waals surface area contributed by atoms with Gasteiger partial charge in [0.2, 0.25) is 0 Å². The van der Waals surface area contributed by atoms with Crippen molar-refractivity contribution in [3.05, 3.63) is 75.8 Å². The second-order valence-corrected chi connectivity index (χ2v) is 8.00. The van der Waals surface area contributed by atoms with Crippen molar-refractivity contribution in [2.24, 2.45) is 7.05 Å². The van der Waals surface area contributed by atoms with Crippen LogP contribution in [0.3, 0.4) is 0 Å². The van der Waals surface area contributed by atoms with Gasteiger partial charge in [0, 0.05) is 36.8 Å². The molecule has 0 aliphatic rings. The summed E-state index contributed by atoms with van der Waals surface area (Å²) in [6, 6.07) is 12.1. The van der Waals surface area contributed by atoms with Gasteiger partial charge in [-0.1, -0.05) is 43.3 Å². The normalized spacial score (nSPS) is 12.3. The number of hydrogen-bond donors (Lipinski definition) is 0. The van der Waals surface area contributed by atoms with Gasteiger partial charge in [-0.3, -0.25) is 14.5 Å². The van der Waals surface area contributed by atoms with Gasteiger partial charge in [-0.25, -0.2) is 0 Å². The first kappa shape index (κ1) is 19.4. The van der Waals surface area contributed by atoms with Gasteiger partial charge in [-0.15, -0.1) is 5.10 Å². The van der Waals surface area contributed by atoms with Gasteiger partial charge < -0.3 is 0 Å². The summed E-state index contributed by atoms with van der Waals surface area (Å²) in [4.78, 5) is 17.2. The summed E-state index contributed by atoms with van der Waals surface area (Å²) >= 11 is 3.40. The van der Waals surface area contributed by atoms with Crippen molar-refractivity contribution < 1.29 is 4.79 Å². The molecule has 1 aromatic carbocycles. The molecule has 140 valence electrons. The average Bonchev–Trinajstić information content (AvgIpc) is 3.07. The fraction of sp³-hybridized carbons (Fsp3) is 0.333. The quantitative estimate of drug-likeness (QED) is 0.560. The number of ketones is 1. The Morgan fingerprint density at radius 1 is 1.11 bits per heavy atom. The van der Waals surface area contributed by atoms with Crippen molar-refractivity contribution in [2.45, 2.75) is 38.5 Å². The van der Waals surface area contributed by atoms with Crippen LogP contribution in [0, 0.1) is 0 Å². The minimum atomic E-state index is -0.200. The summed E-state index contributed by atoms with van der Waals surface area (Å²) in [5.41, 5.74) is 3.90. The van der Waals surface area contributed by atoms with Gasteiger partial charge in [0.1, 0.15) is 5.78 Å². The molecule has 0 bridgehead atoms. The molecule has 0 N–H and O–H groups in total. The molecule has 0 radical (unpaired) electrons. The lowest BCUT2D eigenvalue weighted by Crippen LogP contribution is -2.12. The highest BCUT2D eigenvalue weighted by Gasteiger charge is 2.22. The van der Waals surface area contributed by atoms with E-state index in [0.717, 1.165) is 21.4 Å². The third-order valence-electron chi connectivity index (χ3n) is 4.56. The fourth-order valence-electron chi connectivity index (χ4n) is 3.03. The topological polar surface area (TPSA) is 60.7 Å². The molecule has 0 saturated carbocycles. The molecule has 0 aliphatic heterocycles. The lowest BCUT2D eigenvalue weighted by Gasteiger charge is -2.13. The van der Waals surface area contributed by atoms with Gasteiger partial charge in [-0.05, 0) is 45.1 Å². The van der Waals surface area contributed by atoms with Crippen LogP contribution >= 0.6 is 15.9 Å². The molecule has 2 heterocycles. The molecule has 3 rings (SSSR count). The first-order valence-electron chi connectivity index (χ1n) is 9.00. The van der Waals surface area contributed by atoms with Crippen LogP contribution in [0.5, 0.6) is 0 Å². The minimum absolute atomic E-state index is 0.160. The second kappa shape index (κ2) is 8.57. The highest BCUT2D eigenvalue weighted by Crippen LogP contribution is 2.27. The van der Waals surface area contributed by atoms with E-state index in [1.807, 2.05) is 37.5 Å². The lowest BCUT2D eigenvalue weighted by atomic mass is 9.92. The van der Waals surface area contributed by atoms with Crippen LogP contribution in [-0.4, -0.2) is 25.8 Å². The molecule has 0 aliphatic carbocycles. The maximum atomic E-state index is 12.8. The molecule has 0 amide bonds. The van der Waals surface area contributed by atoms with E-state index in [4.69, 9.17) is 0 Å². The minimum Gasteiger partial charge on any atom is -0.299 e. The van der Waals surface area contributed by atoms with Crippen LogP contribution < -0.4 is 0 Å². The summed E-state index contributed by atoms with van der Waals surface area (Å²) < 4.78 is 2.55. The SMILES string of the molecule is CC(C)c1ccc(CC(=O)C[C@@H](c2ccc(Br)cn2)c2cn(C)nn2)cc1. The number of halogens is 1. The zero-order valence-electron chi connectivity index (χ0n) is 15.8. The Hall–Kier alpha value is -2.34. The van der Waals surface area contributed by atoms with Gasteiger partial charge in [0.25, 0.3) is 0 Å². The van der Waals surface area contributed by atoms with Crippen LogP contribution in [-0.2, 0) is 18.3 Å². The summed E-state index contributed by atoms with van der Waals surface area (Å²) in [5.74, 6) is 0.446. The lowest BCUT2D eigenvalue weighted by molar-refractivity contribution is -0.118. The number of nitrogens with zero attached hydrogens (tertiary/aromatic N) is 4. The molecule has 5 nitrogen and oxygen atoms in total. The number of benzene rings is 1. The van der Waals surface area contributed by atoms with Crippen molar-refractivity contribution in [2.75, 3.05) is 0 Å². The van der Waals surface area contributed by atoms with Gasteiger partial charge in [-0.2, -0.15) is 0 Å². The van der Waals surface area contributed by atoms with Crippen molar-refractivity contribution >= 4 is 21.7 Å². The first-order chi connectivity index (χ1) is 12.9. The Morgan fingerprint density at radius 3 is 2.41 bits per heavy atom. The van der Waals surface area contributed by atoms with Crippen LogP contribution in [0.1, 0.15) is 54.6 Å². The smallest absolute Gasteiger partial charge is 0.138 e. The number of aryl methyl sites for hydroxylation is 1. The van der Waals surface area contributed by atoms with Crippen molar-refractivity contribution in [1.29, 1.82) is 0 Å². The van der Waals surface area contributed by atoms with Crippen molar-refractivity contribution in [3.63, 3.8) is 0 Å². The molecule has 0 unspecified atom stereocenters. The summed E-state index contributed by atoms with van der Waals surface area (Å²) in [7, 11) is 1.82. The van der Waals surface area contributed by atoms with Crippen LogP contribution in [0.25, 0.3) is 0 Å². The number of rotatable bonds is 7. The standard InChI is InChI=1S/C21H23BrN4O/c1-14(2)16-6-4-15(5-7-16)10-18(27)11-19(21-13-26(3)25-24-21)20-9-8-17(22)12-23-20/h4-9,12-14,19H,10-11H2,1-3H3/t19-/m0/s1. The monoisotopic (exact) mass is 426 g/mol. The zero-order valence-corrected chi connectivity index (χ0v) is 17.3. The highest BCUT2D eigenvalue weighted by molar-refractivity contribution is 9.10. The number of aromatic nitrogens is 4. The van der Waals surface area contributed by atoms with Gasteiger partial charge >= 0.3 is 0 Å².